The second-order valence-electron chi connectivity index (χ2n) is 4.19. The second-order valence-corrected chi connectivity index (χ2v) is 5.04. The molecule has 0 atom stereocenters. The number of halogens is 1. The number of carbonyl (C=O) groups excluding carboxylic acids is 1. The molecule has 1 aromatic carbocycles. The number of aromatic nitrogens is 2. The SMILES string of the molecule is COC(=O)c1ccc(Br)c2cn(C3CC3)nc12. The number of benzene rings is 1. The third kappa shape index (κ3) is 1.74. The first-order valence-electron chi connectivity index (χ1n) is 5.46. The van der Waals surface area contributed by atoms with E-state index in [2.05, 4.69) is 21.0 Å². The van der Waals surface area contributed by atoms with Crippen LogP contribution in [0.5, 0.6) is 0 Å². The van der Waals surface area contributed by atoms with Gasteiger partial charge in [-0.05, 0) is 25.0 Å². The Morgan fingerprint density at radius 3 is 2.94 bits per heavy atom. The van der Waals surface area contributed by atoms with Crippen LogP contribution in [0.2, 0.25) is 0 Å². The summed E-state index contributed by atoms with van der Waals surface area (Å²) in [6.45, 7) is 0. The van der Waals surface area contributed by atoms with E-state index in [1.165, 1.54) is 20.0 Å². The van der Waals surface area contributed by atoms with Gasteiger partial charge in [-0.25, -0.2) is 4.79 Å². The first kappa shape index (κ1) is 10.8. The van der Waals surface area contributed by atoms with Crippen LogP contribution >= 0.6 is 15.9 Å². The van der Waals surface area contributed by atoms with Crippen LogP contribution in [0.1, 0.15) is 29.2 Å². The first-order chi connectivity index (χ1) is 8.20. The fraction of sp³-hybridized carbons (Fsp3) is 0.333. The molecule has 1 saturated carbocycles. The summed E-state index contributed by atoms with van der Waals surface area (Å²) in [4.78, 5) is 11.6. The van der Waals surface area contributed by atoms with Gasteiger partial charge < -0.3 is 4.74 Å². The highest BCUT2D eigenvalue weighted by Crippen LogP contribution is 2.36. The van der Waals surface area contributed by atoms with E-state index >= 15 is 0 Å². The number of hydrogen-bond donors (Lipinski definition) is 0. The minimum absolute atomic E-state index is 0.344. The van der Waals surface area contributed by atoms with Gasteiger partial charge in [-0.2, -0.15) is 5.10 Å². The van der Waals surface area contributed by atoms with Gasteiger partial charge in [0.15, 0.2) is 0 Å². The predicted molar refractivity (Wildman–Crippen MR) is 67.0 cm³/mol. The third-order valence-electron chi connectivity index (χ3n) is 2.97. The van der Waals surface area contributed by atoms with Crippen molar-refractivity contribution in [1.29, 1.82) is 0 Å². The molecule has 1 aromatic heterocycles. The van der Waals surface area contributed by atoms with E-state index in [4.69, 9.17) is 4.74 Å². The molecule has 1 aliphatic rings. The maximum absolute atomic E-state index is 11.6. The molecule has 0 saturated heterocycles. The van der Waals surface area contributed by atoms with Gasteiger partial charge in [-0.15, -0.1) is 0 Å². The molecule has 1 aliphatic carbocycles. The number of esters is 1. The Balaban J connectivity index is 2.22. The fourth-order valence-electron chi connectivity index (χ4n) is 1.89. The minimum atomic E-state index is -0.344. The van der Waals surface area contributed by atoms with Crippen molar-refractivity contribution in [2.75, 3.05) is 7.11 Å². The summed E-state index contributed by atoms with van der Waals surface area (Å²) in [5.41, 5.74) is 1.23. The van der Waals surface area contributed by atoms with Gasteiger partial charge in [0.1, 0.15) is 5.52 Å². The van der Waals surface area contributed by atoms with Gasteiger partial charge in [0.2, 0.25) is 0 Å². The Morgan fingerprint density at radius 1 is 1.53 bits per heavy atom. The molecule has 5 heteroatoms. The normalized spacial score (nSPS) is 15.2. The summed E-state index contributed by atoms with van der Waals surface area (Å²) in [5.74, 6) is -0.344. The molecule has 17 heavy (non-hydrogen) atoms. The maximum atomic E-state index is 11.6. The number of carbonyl (C=O) groups is 1. The number of nitrogens with zero attached hydrogens (tertiary/aromatic N) is 2. The zero-order valence-corrected chi connectivity index (χ0v) is 10.9. The van der Waals surface area contributed by atoms with E-state index in [9.17, 15) is 4.79 Å². The van der Waals surface area contributed by atoms with Crippen LogP contribution in [-0.2, 0) is 4.74 Å². The van der Waals surface area contributed by atoms with Crippen molar-refractivity contribution in [3.63, 3.8) is 0 Å². The lowest BCUT2D eigenvalue weighted by Gasteiger charge is -2.00. The van der Waals surface area contributed by atoms with Crippen molar-refractivity contribution in [3.8, 4) is 0 Å². The molecule has 0 aliphatic heterocycles. The van der Waals surface area contributed by atoms with Crippen molar-refractivity contribution in [1.82, 2.24) is 9.78 Å². The maximum Gasteiger partial charge on any atom is 0.340 e. The van der Waals surface area contributed by atoms with Crippen LogP contribution in [-0.4, -0.2) is 22.9 Å². The molecule has 0 amide bonds. The molecule has 0 bridgehead atoms. The minimum Gasteiger partial charge on any atom is -0.465 e. The Hall–Kier alpha value is -1.36. The molecule has 1 heterocycles. The average Bonchev–Trinajstić information content (AvgIpc) is 3.08. The molecule has 4 nitrogen and oxygen atoms in total. The average molecular weight is 295 g/mol. The van der Waals surface area contributed by atoms with Crippen molar-refractivity contribution < 1.29 is 9.53 Å². The number of rotatable bonds is 2. The highest BCUT2D eigenvalue weighted by atomic mass is 79.9. The lowest BCUT2D eigenvalue weighted by Crippen LogP contribution is -2.02. The predicted octanol–water partition coefficient (Wildman–Crippen LogP) is 2.92. The zero-order valence-electron chi connectivity index (χ0n) is 9.31. The number of methoxy groups -OCH3 is 1. The summed E-state index contributed by atoms with van der Waals surface area (Å²) in [5, 5.41) is 5.45. The van der Waals surface area contributed by atoms with Gasteiger partial charge in [-0.1, -0.05) is 15.9 Å². The summed E-state index contributed by atoms with van der Waals surface area (Å²) in [6.07, 6.45) is 4.32. The quantitative estimate of drug-likeness (QED) is 0.800. The largest absolute Gasteiger partial charge is 0.465 e. The molecule has 2 aromatic rings. The molecule has 3 rings (SSSR count). The fourth-order valence-corrected chi connectivity index (χ4v) is 2.31. The summed E-state index contributed by atoms with van der Waals surface area (Å²) in [6, 6.07) is 4.09. The first-order valence-corrected chi connectivity index (χ1v) is 6.25. The van der Waals surface area contributed by atoms with Crippen LogP contribution in [0.15, 0.2) is 22.8 Å². The van der Waals surface area contributed by atoms with E-state index in [0.29, 0.717) is 17.1 Å². The van der Waals surface area contributed by atoms with Crippen LogP contribution < -0.4 is 0 Å². The van der Waals surface area contributed by atoms with Crippen LogP contribution in [0, 0.1) is 0 Å². The Bertz CT molecular complexity index is 602. The molecular weight excluding hydrogens is 284 g/mol. The molecule has 1 fully saturated rings. The van der Waals surface area contributed by atoms with Gasteiger partial charge in [-0.3, -0.25) is 4.68 Å². The van der Waals surface area contributed by atoms with Gasteiger partial charge in [0.05, 0.1) is 18.7 Å². The summed E-state index contributed by atoms with van der Waals surface area (Å²) >= 11 is 3.48. The van der Waals surface area contributed by atoms with E-state index in [1.54, 1.807) is 6.07 Å². The molecule has 0 unspecified atom stereocenters. The van der Waals surface area contributed by atoms with E-state index in [-0.39, 0.29) is 5.97 Å². The Kier molecular flexibility index (Phi) is 2.43. The van der Waals surface area contributed by atoms with Crippen LogP contribution in [0.3, 0.4) is 0 Å². The van der Waals surface area contributed by atoms with Gasteiger partial charge in [0.25, 0.3) is 0 Å². The molecule has 0 N–H and O–H groups in total. The lowest BCUT2D eigenvalue weighted by molar-refractivity contribution is 0.0602. The summed E-state index contributed by atoms with van der Waals surface area (Å²) < 4.78 is 7.66. The summed E-state index contributed by atoms with van der Waals surface area (Å²) in [7, 11) is 1.38. The monoisotopic (exact) mass is 294 g/mol. The zero-order chi connectivity index (χ0) is 12.0. The van der Waals surface area contributed by atoms with Crippen molar-refractivity contribution in [2.45, 2.75) is 18.9 Å². The van der Waals surface area contributed by atoms with Crippen molar-refractivity contribution in [3.05, 3.63) is 28.4 Å². The Morgan fingerprint density at radius 2 is 2.29 bits per heavy atom. The van der Waals surface area contributed by atoms with E-state index < -0.39 is 0 Å². The standard InChI is InChI=1S/C12H11BrN2O2/c1-17-12(16)8-4-5-10(13)9-6-15(7-2-3-7)14-11(8)9/h4-7H,2-3H2,1H3. The van der Waals surface area contributed by atoms with Crippen molar-refractivity contribution >= 4 is 32.8 Å². The molecule has 0 radical (unpaired) electrons. The third-order valence-corrected chi connectivity index (χ3v) is 3.66. The molecule has 88 valence electrons. The molecule has 0 spiro atoms. The Labute approximate surface area is 107 Å². The highest BCUT2D eigenvalue weighted by Gasteiger charge is 2.26. The smallest absolute Gasteiger partial charge is 0.340 e. The van der Waals surface area contributed by atoms with Gasteiger partial charge >= 0.3 is 5.97 Å². The van der Waals surface area contributed by atoms with Crippen LogP contribution in [0.4, 0.5) is 0 Å². The number of fused-ring (bicyclic) bond motifs is 1. The van der Waals surface area contributed by atoms with Crippen LogP contribution in [0.25, 0.3) is 10.9 Å². The van der Waals surface area contributed by atoms with E-state index in [0.717, 1.165) is 9.86 Å². The number of hydrogen-bond acceptors (Lipinski definition) is 3. The lowest BCUT2D eigenvalue weighted by atomic mass is 10.1. The van der Waals surface area contributed by atoms with E-state index in [1.807, 2.05) is 16.9 Å². The van der Waals surface area contributed by atoms with Crippen molar-refractivity contribution in [2.24, 2.45) is 0 Å². The number of ether oxygens (including phenoxy) is 1. The molecular formula is C12H11BrN2O2. The topological polar surface area (TPSA) is 44.1 Å². The highest BCUT2D eigenvalue weighted by molar-refractivity contribution is 9.10. The second kappa shape index (κ2) is 3.84. The van der Waals surface area contributed by atoms with Gasteiger partial charge in [0, 0.05) is 16.1 Å².